The number of carbonyl (C=O) groups excluding carboxylic acids is 1. The van der Waals surface area contributed by atoms with E-state index >= 15 is 0 Å². The van der Waals surface area contributed by atoms with Crippen LogP contribution >= 0.6 is 0 Å². The van der Waals surface area contributed by atoms with E-state index in [1.54, 1.807) is 36.5 Å². The van der Waals surface area contributed by atoms with E-state index in [1.807, 2.05) is 11.8 Å². The lowest BCUT2D eigenvalue weighted by Crippen LogP contribution is -2.54. The molecule has 8 heteroatoms. The summed E-state index contributed by atoms with van der Waals surface area (Å²) in [4.78, 5) is 34.8. The summed E-state index contributed by atoms with van der Waals surface area (Å²) in [5.74, 6) is 0.394. The van der Waals surface area contributed by atoms with Crippen LogP contribution in [0.1, 0.15) is 41.3 Å². The summed E-state index contributed by atoms with van der Waals surface area (Å²) < 4.78 is 1.36. The second kappa shape index (κ2) is 8.34. The quantitative estimate of drug-likeness (QED) is 0.670. The van der Waals surface area contributed by atoms with Gasteiger partial charge in [0.15, 0.2) is 5.82 Å². The Kier molecular flexibility index (Phi) is 5.35. The number of carbonyl (C=O) groups is 1. The second-order valence-corrected chi connectivity index (χ2v) is 8.94. The Labute approximate surface area is 192 Å². The topological polar surface area (TPSA) is 98.0 Å². The summed E-state index contributed by atoms with van der Waals surface area (Å²) in [6.07, 6.45) is 5.72. The Balaban J connectivity index is 1.33. The summed E-state index contributed by atoms with van der Waals surface area (Å²) in [5, 5.41) is 12.0. The van der Waals surface area contributed by atoms with Crippen LogP contribution in [0.5, 0.6) is 0 Å². The van der Waals surface area contributed by atoms with Crippen molar-refractivity contribution in [2.45, 2.75) is 38.8 Å². The number of amides is 1. The number of nitriles is 1. The Bertz CT molecular complexity index is 1300. The number of nitrogens with one attached hydrogen (secondary N) is 1. The molecule has 2 aromatic heterocycles. The number of aromatic amines is 1. The first-order valence-electron chi connectivity index (χ1n) is 11.3. The predicted molar refractivity (Wildman–Crippen MR) is 124 cm³/mol. The molecule has 0 radical (unpaired) electrons. The molecule has 168 valence electrons. The number of piperazine rings is 1. The van der Waals surface area contributed by atoms with Gasteiger partial charge in [-0.3, -0.25) is 19.6 Å². The molecular formula is C25H26N6O2. The third-order valence-corrected chi connectivity index (χ3v) is 6.62. The molecule has 2 fully saturated rings. The molecule has 1 aliphatic heterocycles. The molecular weight excluding hydrogens is 416 g/mol. The maximum Gasteiger partial charge on any atom is 0.280 e. The van der Waals surface area contributed by atoms with E-state index in [0.717, 1.165) is 30.8 Å². The molecule has 1 aromatic carbocycles. The fourth-order valence-corrected chi connectivity index (χ4v) is 4.70. The van der Waals surface area contributed by atoms with E-state index < -0.39 is 0 Å². The van der Waals surface area contributed by atoms with Gasteiger partial charge < -0.3 is 4.90 Å². The van der Waals surface area contributed by atoms with Crippen molar-refractivity contribution in [3.8, 4) is 23.0 Å². The van der Waals surface area contributed by atoms with Gasteiger partial charge in [0.05, 0.1) is 22.8 Å². The minimum absolute atomic E-state index is 0.0240. The second-order valence-electron chi connectivity index (χ2n) is 8.94. The van der Waals surface area contributed by atoms with Crippen LogP contribution in [0.3, 0.4) is 0 Å². The summed E-state index contributed by atoms with van der Waals surface area (Å²) in [7, 11) is 0. The van der Waals surface area contributed by atoms with Crippen LogP contribution < -0.4 is 5.56 Å². The molecule has 1 amide bonds. The van der Waals surface area contributed by atoms with Gasteiger partial charge in [-0.1, -0.05) is 6.07 Å². The van der Waals surface area contributed by atoms with Gasteiger partial charge in [-0.05, 0) is 62.1 Å². The van der Waals surface area contributed by atoms with Crippen molar-refractivity contribution in [1.29, 1.82) is 5.26 Å². The highest BCUT2D eigenvalue weighted by Gasteiger charge is 2.36. The summed E-state index contributed by atoms with van der Waals surface area (Å²) >= 11 is 0. The highest BCUT2D eigenvalue weighted by Crippen LogP contribution is 2.30. The fraction of sp³-hybridized carbons (Fsp3) is 0.360. The zero-order chi connectivity index (χ0) is 23.1. The van der Waals surface area contributed by atoms with Crippen molar-refractivity contribution in [3.05, 3.63) is 69.8 Å². The largest absolute Gasteiger partial charge is 0.336 e. The Hall–Kier alpha value is -3.70. The van der Waals surface area contributed by atoms with Crippen molar-refractivity contribution in [3.63, 3.8) is 0 Å². The number of hydrogen-bond acceptors (Lipinski definition) is 5. The number of aryl methyl sites for hydroxylation is 1. The lowest BCUT2D eigenvalue weighted by atomic mass is 10.0. The molecule has 0 bridgehead atoms. The summed E-state index contributed by atoms with van der Waals surface area (Å²) in [6.45, 7) is 6.42. The number of aromatic nitrogens is 3. The van der Waals surface area contributed by atoms with Crippen LogP contribution in [0.15, 0.2) is 47.5 Å². The van der Waals surface area contributed by atoms with Crippen LogP contribution in [-0.2, 0) is 0 Å². The van der Waals surface area contributed by atoms with Crippen LogP contribution in [0.4, 0.5) is 0 Å². The molecule has 2 aliphatic rings. The van der Waals surface area contributed by atoms with E-state index in [-0.39, 0.29) is 11.5 Å². The molecule has 8 nitrogen and oxygen atoms in total. The van der Waals surface area contributed by atoms with Gasteiger partial charge in [-0.25, -0.2) is 9.67 Å². The van der Waals surface area contributed by atoms with Gasteiger partial charge in [0.1, 0.15) is 0 Å². The maximum atomic E-state index is 13.0. The van der Waals surface area contributed by atoms with Gasteiger partial charge in [0.2, 0.25) is 0 Å². The highest BCUT2D eigenvalue weighted by molar-refractivity contribution is 5.94. The number of nitrogens with zero attached hydrogens (tertiary/aromatic N) is 5. The molecule has 5 rings (SSSR count). The van der Waals surface area contributed by atoms with Gasteiger partial charge in [0, 0.05) is 44.1 Å². The molecule has 3 aromatic rings. The molecule has 3 heterocycles. The summed E-state index contributed by atoms with van der Waals surface area (Å²) in [6, 6.07) is 11.8. The standard InChI is InChI=1S/C25H26N6O2/c1-16-11-18(12-26)3-7-21(16)22-14-28-31(25(22)33)23-8-4-19(13-27-23)24(32)29-9-10-30(17(2)15-29)20-5-6-20/h3-4,7-8,11,13-14,17,20,28H,5-6,9-10,15H2,1-2H3/t17-/m1/s1. The first-order valence-corrected chi connectivity index (χ1v) is 11.3. The van der Waals surface area contributed by atoms with Crippen LogP contribution in [0.25, 0.3) is 16.9 Å². The molecule has 33 heavy (non-hydrogen) atoms. The van der Waals surface area contributed by atoms with Crippen molar-refractivity contribution in [2.75, 3.05) is 19.6 Å². The lowest BCUT2D eigenvalue weighted by molar-refractivity contribution is 0.0493. The van der Waals surface area contributed by atoms with Crippen LogP contribution in [-0.4, -0.2) is 62.2 Å². The lowest BCUT2D eigenvalue weighted by Gasteiger charge is -2.40. The molecule has 1 saturated carbocycles. The summed E-state index contributed by atoms with van der Waals surface area (Å²) in [5.41, 5.74) is 2.95. The minimum Gasteiger partial charge on any atom is -0.336 e. The molecule has 1 saturated heterocycles. The van der Waals surface area contributed by atoms with Gasteiger partial charge in [0.25, 0.3) is 11.5 Å². The normalized spacial score (nSPS) is 18.8. The molecule has 1 atom stereocenters. The zero-order valence-corrected chi connectivity index (χ0v) is 18.8. The Morgan fingerprint density at radius 1 is 1.18 bits per heavy atom. The van der Waals surface area contributed by atoms with Crippen molar-refractivity contribution >= 4 is 5.91 Å². The molecule has 0 unspecified atom stereocenters. The Morgan fingerprint density at radius 2 is 2.00 bits per heavy atom. The molecule has 0 spiro atoms. The van der Waals surface area contributed by atoms with E-state index in [9.17, 15) is 9.59 Å². The van der Waals surface area contributed by atoms with Crippen molar-refractivity contribution in [1.82, 2.24) is 24.6 Å². The van der Waals surface area contributed by atoms with Crippen molar-refractivity contribution in [2.24, 2.45) is 0 Å². The highest BCUT2D eigenvalue weighted by atomic mass is 16.2. The maximum absolute atomic E-state index is 13.0. The third kappa shape index (κ3) is 3.96. The minimum atomic E-state index is -0.237. The van der Waals surface area contributed by atoms with E-state index in [0.29, 0.717) is 34.6 Å². The average molecular weight is 443 g/mol. The number of hydrogen-bond donors (Lipinski definition) is 1. The number of benzene rings is 1. The monoisotopic (exact) mass is 442 g/mol. The first-order chi connectivity index (χ1) is 16.0. The number of pyridine rings is 1. The number of H-pyrrole nitrogens is 1. The average Bonchev–Trinajstić information content (AvgIpc) is 3.60. The predicted octanol–water partition coefficient (Wildman–Crippen LogP) is 2.72. The van der Waals surface area contributed by atoms with E-state index in [4.69, 9.17) is 5.26 Å². The van der Waals surface area contributed by atoms with E-state index in [1.165, 1.54) is 23.7 Å². The SMILES string of the molecule is Cc1cc(C#N)ccc1-c1c[nH]n(-c2ccc(C(=O)N3CCN(C4CC4)[C@H](C)C3)cn2)c1=O. The molecule has 1 aliphatic carbocycles. The van der Waals surface area contributed by atoms with Gasteiger partial charge >= 0.3 is 0 Å². The van der Waals surface area contributed by atoms with E-state index in [2.05, 4.69) is 28.0 Å². The fourth-order valence-electron chi connectivity index (χ4n) is 4.70. The first kappa shape index (κ1) is 21.2. The zero-order valence-electron chi connectivity index (χ0n) is 18.8. The van der Waals surface area contributed by atoms with Gasteiger partial charge in [-0.15, -0.1) is 0 Å². The van der Waals surface area contributed by atoms with Crippen LogP contribution in [0, 0.1) is 18.3 Å². The van der Waals surface area contributed by atoms with Gasteiger partial charge in [-0.2, -0.15) is 5.26 Å². The Morgan fingerprint density at radius 3 is 2.64 bits per heavy atom. The van der Waals surface area contributed by atoms with Crippen molar-refractivity contribution < 1.29 is 4.79 Å². The molecule has 1 N–H and O–H groups in total. The number of rotatable bonds is 4. The van der Waals surface area contributed by atoms with Crippen LogP contribution in [0.2, 0.25) is 0 Å². The smallest absolute Gasteiger partial charge is 0.280 e. The third-order valence-electron chi connectivity index (χ3n) is 6.62.